The van der Waals surface area contributed by atoms with Crippen LogP contribution < -0.4 is 5.32 Å². The topological polar surface area (TPSA) is 110 Å². The average molecular weight is 256 g/mol. The van der Waals surface area contributed by atoms with E-state index in [4.69, 9.17) is 15.3 Å². The molecule has 1 atom stereocenters. The Bertz CT molecular complexity index is 264. The highest BCUT2D eigenvalue weighted by atomic mass is 19.3. The van der Waals surface area contributed by atoms with Crippen molar-refractivity contribution >= 4 is 12.0 Å². The van der Waals surface area contributed by atoms with Crippen LogP contribution in [0.4, 0.5) is 13.6 Å². The number of nitrogens with zero attached hydrogens (tertiary/aromatic N) is 1. The molecule has 0 aliphatic heterocycles. The summed E-state index contributed by atoms with van der Waals surface area (Å²) in [6.45, 7) is -2.67. The van der Waals surface area contributed by atoms with Crippen LogP contribution in [0.25, 0.3) is 0 Å². The van der Waals surface area contributed by atoms with Gasteiger partial charge in [0.25, 0.3) is 6.43 Å². The number of carboxylic acids is 1. The van der Waals surface area contributed by atoms with Crippen molar-refractivity contribution in [2.75, 3.05) is 26.3 Å². The van der Waals surface area contributed by atoms with Crippen molar-refractivity contribution in [1.29, 1.82) is 0 Å². The maximum Gasteiger partial charge on any atom is 0.328 e. The van der Waals surface area contributed by atoms with Crippen molar-refractivity contribution < 1.29 is 33.7 Å². The Kier molecular flexibility index (Phi) is 7.06. The number of rotatable bonds is 7. The van der Waals surface area contributed by atoms with Crippen LogP contribution in [0, 0.1) is 0 Å². The predicted molar refractivity (Wildman–Crippen MR) is 51.7 cm³/mol. The molecule has 9 heteroatoms. The first kappa shape index (κ1) is 15.5. The summed E-state index contributed by atoms with van der Waals surface area (Å²) in [5.74, 6) is -1.48. The Balaban J connectivity index is 4.44. The molecule has 100 valence electrons. The summed E-state index contributed by atoms with van der Waals surface area (Å²) in [6, 6.07) is -2.65. The quantitative estimate of drug-likeness (QED) is 0.452. The van der Waals surface area contributed by atoms with Gasteiger partial charge in [-0.2, -0.15) is 0 Å². The zero-order valence-electron chi connectivity index (χ0n) is 8.84. The second-order valence-corrected chi connectivity index (χ2v) is 3.08. The molecule has 4 N–H and O–H groups in total. The third kappa shape index (κ3) is 5.97. The van der Waals surface area contributed by atoms with E-state index in [-0.39, 0.29) is 6.54 Å². The number of carbonyl (C=O) groups is 2. The number of carboxylic acid groups (broad SMARTS) is 1. The molecule has 7 nitrogen and oxygen atoms in total. The van der Waals surface area contributed by atoms with E-state index in [0.717, 1.165) is 0 Å². The number of aliphatic hydroxyl groups is 2. The average Bonchev–Trinajstić information content (AvgIpc) is 2.23. The van der Waals surface area contributed by atoms with Crippen molar-refractivity contribution in [3.63, 3.8) is 0 Å². The Labute approximate surface area is 95.6 Å². The second kappa shape index (κ2) is 7.74. The smallest absolute Gasteiger partial charge is 0.328 e. The molecule has 1 unspecified atom stereocenters. The zero-order valence-corrected chi connectivity index (χ0v) is 8.84. The van der Waals surface area contributed by atoms with E-state index >= 15 is 0 Å². The molecule has 17 heavy (non-hydrogen) atoms. The SMILES string of the molecule is O=C(O)C(CO)NC(=O)N(CCO)CC(F)F. The van der Waals surface area contributed by atoms with Crippen LogP contribution in [0.5, 0.6) is 0 Å². The minimum Gasteiger partial charge on any atom is -0.480 e. The minimum atomic E-state index is -2.80. The lowest BCUT2D eigenvalue weighted by Gasteiger charge is -2.23. The van der Waals surface area contributed by atoms with Crippen LogP contribution >= 0.6 is 0 Å². The Morgan fingerprint density at radius 3 is 2.24 bits per heavy atom. The number of hydrogen-bond donors (Lipinski definition) is 4. The molecule has 0 fully saturated rings. The molecule has 0 aliphatic carbocycles. The van der Waals surface area contributed by atoms with Gasteiger partial charge in [-0.15, -0.1) is 0 Å². The number of alkyl halides is 2. The largest absolute Gasteiger partial charge is 0.480 e. The molecule has 0 saturated carbocycles. The standard InChI is InChI=1S/C8H14F2N2O5/c9-6(10)3-12(1-2-13)8(17)11-5(4-14)7(15)16/h5-6,13-14H,1-4H2,(H,11,17)(H,15,16). The summed E-state index contributed by atoms with van der Waals surface area (Å²) in [7, 11) is 0. The molecule has 0 bridgehead atoms. The van der Waals surface area contributed by atoms with Gasteiger partial charge in [0, 0.05) is 6.54 Å². The predicted octanol–water partition coefficient (Wildman–Crippen LogP) is -1.30. The molecule has 2 amide bonds. The first-order valence-electron chi connectivity index (χ1n) is 4.70. The van der Waals surface area contributed by atoms with E-state index in [2.05, 4.69) is 0 Å². The van der Waals surface area contributed by atoms with Gasteiger partial charge >= 0.3 is 12.0 Å². The molecule has 0 spiro atoms. The molecular weight excluding hydrogens is 242 g/mol. The van der Waals surface area contributed by atoms with Crippen molar-refractivity contribution in [3.05, 3.63) is 0 Å². The highest BCUT2D eigenvalue weighted by Crippen LogP contribution is 1.99. The number of urea groups is 1. The molecular formula is C8H14F2N2O5. The molecule has 0 radical (unpaired) electrons. The Hall–Kier alpha value is -1.48. The Morgan fingerprint density at radius 1 is 1.29 bits per heavy atom. The van der Waals surface area contributed by atoms with Crippen LogP contribution in [0.3, 0.4) is 0 Å². The number of amides is 2. The van der Waals surface area contributed by atoms with Crippen LogP contribution in [-0.4, -0.2) is 71.0 Å². The van der Waals surface area contributed by atoms with Crippen LogP contribution in [0.2, 0.25) is 0 Å². The van der Waals surface area contributed by atoms with Gasteiger partial charge in [0.15, 0.2) is 6.04 Å². The monoisotopic (exact) mass is 256 g/mol. The first-order chi connectivity index (χ1) is 7.92. The molecule has 0 aromatic carbocycles. The number of nitrogens with one attached hydrogen (secondary N) is 1. The molecule has 0 aliphatic rings. The van der Waals surface area contributed by atoms with Crippen LogP contribution in [-0.2, 0) is 4.79 Å². The van der Waals surface area contributed by atoms with E-state index in [9.17, 15) is 18.4 Å². The van der Waals surface area contributed by atoms with Gasteiger partial charge in [0.1, 0.15) is 0 Å². The summed E-state index contributed by atoms with van der Waals surface area (Å²) < 4.78 is 24.2. The fraction of sp³-hybridized carbons (Fsp3) is 0.750. The fourth-order valence-corrected chi connectivity index (χ4v) is 0.989. The second-order valence-electron chi connectivity index (χ2n) is 3.08. The number of halogens is 2. The summed E-state index contributed by atoms with van der Waals surface area (Å²) in [5.41, 5.74) is 0. The van der Waals surface area contributed by atoms with Gasteiger partial charge in [0.05, 0.1) is 19.8 Å². The number of aliphatic hydroxyl groups excluding tert-OH is 2. The van der Waals surface area contributed by atoms with Crippen molar-refractivity contribution in [2.24, 2.45) is 0 Å². The van der Waals surface area contributed by atoms with E-state index in [1.807, 2.05) is 5.32 Å². The molecule has 0 saturated heterocycles. The highest BCUT2D eigenvalue weighted by molar-refractivity contribution is 5.82. The fourth-order valence-electron chi connectivity index (χ4n) is 0.989. The molecule has 0 heterocycles. The van der Waals surface area contributed by atoms with Gasteiger partial charge in [-0.3, -0.25) is 0 Å². The minimum absolute atomic E-state index is 0.353. The highest BCUT2D eigenvalue weighted by Gasteiger charge is 2.23. The van der Waals surface area contributed by atoms with Gasteiger partial charge < -0.3 is 25.5 Å². The Morgan fingerprint density at radius 2 is 1.88 bits per heavy atom. The molecule has 0 aromatic rings. The van der Waals surface area contributed by atoms with Crippen molar-refractivity contribution in [2.45, 2.75) is 12.5 Å². The number of aliphatic carboxylic acids is 1. The number of hydrogen-bond acceptors (Lipinski definition) is 4. The van der Waals surface area contributed by atoms with Gasteiger partial charge in [-0.1, -0.05) is 0 Å². The lowest BCUT2D eigenvalue weighted by molar-refractivity contribution is -0.140. The van der Waals surface area contributed by atoms with E-state index in [0.29, 0.717) is 4.90 Å². The molecule has 0 rings (SSSR count). The van der Waals surface area contributed by atoms with Crippen molar-refractivity contribution in [3.8, 4) is 0 Å². The molecule has 0 aromatic heterocycles. The third-order valence-electron chi connectivity index (χ3n) is 1.79. The summed E-state index contributed by atoms with van der Waals surface area (Å²) in [5, 5.41) is 27.6. The maximum absolute atomic E-state index is 12.1. The van der Waals surface area contributed by atoms with Crippen molar-refractivity contribution in [1.82, 2.24) is 10.2 Å². The van der Waals surface area contributed by atoms with Crippen LogP contribution in [0.1, 0.15) is 0 Å². The third-order valence-corrected chi connectivity index (χ3v) is 1.79. The normalized spacial score (nSPS) is 12.3. The summed E-state index contributed by atoms with van der Waals surface area (Å²) in [6.07, 6.45) is -2.80. The maximum atomic E-state index is 12.1. The number of carbonyl (C=O) groups excluding carboxylic acids is 1. The summed E-state index contributed by atoms with van der Waals surface area (Å²) >= 11 is 0. The zero-order chi connectivity index (χ0) is 13.4. The lowest BCUT2D eigenvalue weighted by Crippen LogP contribution is -2.51. The van der Waals surface area contributed by atoms with E-state index in [1.54, 1.807) is 0 Å². The van der Waals surface area contributed by atoms with Gasteiger partial charge in [-0.05, 0) is 0 Å². The summed E-state index contributed by atoms with van der Waals surface area (Å²) in [4.78, 5) is 22.4. The van der Waals surface area contributed by atoms with Gasteiger partial charge in [-0.25, -0.2) is 18.4 Å². The van der Waals surface area contributed by atoms with Gasteiger partial charge in [0.2, 0.25) is 0 Å². The van der Waals surface area contributed by atoms with Crippen LogP contribution in [0.15, 0.2) is 0 Å². The van der Waals surface area contributed by atoms with E-state index < -0.39 is 44.2 Å². The lowest BCUT2D eigenvalue weighted by atomic mass is 10.3. The van der Waals surface area contributed by atoms with E-state index in [1.165, 1.54) is 0 Å². The first-order valence-corrected chi connectivity index (χ1v) is 4.70.